The molecule has 17 heavy (non-hydrogen) atoms. The summed E-state index contributed by atoms with van der Waals surface area (Å²) in [6, 6.07) is 6.73. The molecule has 0 saturated heterocycles. The van der Waals surface area contributed by atoms with E-state index in [-0.39, 0.29) is 6.04 Å². The molecule has 0 aromatic carbocycles. The largest absolute Gasteiger partial charge is 0.304 e. The van der Waals surface area contributed by atoms with Crippen molar-refractivity contribution in [3.05, 3.63) is 39.8 Å². The highest BCUT2D eigenvalue weighted by Crippen LogP contribution is 2.27. The Balaban J connectivity index is 2.20. The normalized spacial score (nSPS) is 12.8. The highest BCUT2D eigenvalue weighted by molar-refractivity contribution is 7.12. The third-order valence-corrected chi connectivity index (χ3v) is 4.04. The fraction of sp³-hybridized carbons (Fsp3) is 0.462. The average molecular weight is 249 g/mol. The van der Waals surface area contributed by atoms with Crippen molar-refractivity contribution < 1.29 is 0 Å². The Labute approximate surface area is 106 Å². The molecule has 0 saturated carbocycles. The van der Waals surface area contributed by atoms with Gasteiger partial charge in [0.2, 0.25) is 0 Å². The number of hydrogen-bond donors (Lipinski definition) is 2. The predicted molar refractivity (Wildman–Crippen MR) is 72.4 cm³/mol. The highest BCUT2D eigenvalue weighted by Gasteiger charge is 2.16. The van der Waals surface area contributed by atoms with E-state index in [4.69, 9.17) is 0 Å². The van der Waals surface area contributed by atoms with Crippen molar-refractivity contribution in [2.45, 2.75) is 32.7 Å². The molecular formula is C13H19N3S. The highest BCUT2D eigenvalue weighted by atomic mass is 32.1. The quantitative estimate of drug-likeness (QED) is 0.826. The standard InChI is InChI=1S/C13H19N3S/c1-3-8-14-13(11-7-9-15-16-11)12-6-5-10(4-2)17-12/h5-7,9,13-14H,3-4,8H2,1-2H3,(H,15,16). The zero-order valence-electron chi connectivity index (χ0n) is 10.4. The van der Waals surface area contributed by atoms with E-state index in [1.807, 2.05) is 23.6 Å². The summed E-state index contributed by atoms with van der Waals surface area (Å²) in [5, 5.41) is 10.7. The lowest BCUT2D eigenvalue weighted by molar-refractivity contribution is 0.592. The fourth-order valence-electron chi connectivity index (χ4n) is 1.82. The van der Waals surface area contributed by atoms with Gasteiger partial charge in [0, 0.05) is 16.0 Å². The maximum Gasteiger partial charge on any atom is 0.0839 e. The minimum atomic E-state index is 0.253. The van der Waals surface area contributed by atoms with Crippen molar-refractivity contribution in [3.63, 3.8) is 0 Å². The number of aryl methyl sites for hydroxylation is 1. The molecule has 1 atom stereocenters. The molecule has 0 spiro atoms. The SMILES string of the molecule is CCCNC(c1ccn[nH]1)c1ccc(CC)s1. The van der Waals surface area contributed by atoms with Crippen LogP contribution in [0.3, 0.4) is 0 Å². The number of nitrogens with one attached hydrogen (secondary N) is 2. The first kappa shape index (κ1) is 12.3. The molecule has 0 aliphatic rings. The number of aromatic amines is 1. The summed E-state index contributed by atoms with van der Waals surface area (Å²) in [6.07, 6.45) is 4.05. The first-order valence-electron chi connectivity index (χ1n) is 6.16. The van der Waals surface area contributed by atoms with Gasteiger partial charge in [0.25, 0.3) is 0 Å². The second kappa shape index (κ2) is 5.98. The molecule has 3 nitrogen and oxygen atoms in total. The zero-order valence-corrected chi connectivity index (χ0v) is 11.2. The molecule has 4 heteroatoms. The predicted octanol–water partition coefficient (Wildman–Crippen LogP) is 3.12. The molecule has 0 amide bonds. The van der Waals surface area contributed by atoms with E-state index in [9.17, 15) is 0 Å². The van der Waals surface area contributed by atoms with Gasteiger partial charge in [-0.3, -0.25) is 5.10 Å². The molecule has 1 unspecified atom stereocenters. The Bertz CT molecular complexity index is 433. The van der Waals surface area contributed by atoms with E-state index in [0.29, 0.717) is 0 Å². The van der Waals surface area contributed by atoms with E-state index in [1.54, 1.807) is 0 Å². The minimum Gasteiger partial charge on any atom is -0.304 e. The van der Waals surface area contributed by atoms with Gasteiger partial charge in [-0.05, 0) is 37.6 Å². The molecule has 2 aromatic heterocycles. The van der Waals surface area contributed by atoms with Crippen molar-refractivity contribution in [1.29, 1.82) is 0 Å². The Hall–Kier alpha value is -1.13. The molecule has 2 heterocycles. The fourth-order valence-corrected chi connectivity index (χ4v) is 2.87. The third-order valence-electron chi connectivity index (χ3n) is 2.75. The Morgan fingerprint density at radius 3 is 2.82 bits per heavy atom. The Morgan fingerprint density at radius 2 is 2.24 bits per heavy atom. The van der Waals surface area contributed by atoms with Crippen molar-refractivity contribution in [2.24, 2.45) is 0 Å². The van der Waals surface area contributed by atoms with Crippen LogP contribution in [0.1, 0.15) is 41.8 Å². The summed E-state index contributed by atoms with van der Waals surface area (Å²) in [5.74, 6) is 0. The molecule has 2 aromatic rings. The minimum absolute atomic E-state index is 0.253. The van der Waals surface area contributed by atoms with E-state index < -0.39 is 0 Å². The summed E-state index contributed by atoms with van der Waals surface area (Å²) in [5.41, 5.74) is 1.14. The summed E-state index contributed by atoms with van der Waals surface area (Å²) in [7, 11) is 0. The lowest BCUT2D eigenvalue weighted by Crippen LogP contribution is -2.22. The summed E-state index contributed by atoms with van der Waals surface area (Å²) in [4.78, 5) is 2.79. The van der Waals surface area contributed by atoms with Crippen molar-refractivity contribution in [2.75, 3.05) is 6.54 Å². The van der Waals surface area contributed by atoms with Gasteiger partial charge < -0.3 is 5.32 Å². The summed E-state index contributed by atoms with van der Waals surface area (Å²) >= 11 is 1.88. The van der Waals surface area contributed by atoms with Crippen molar-refractivity contribution in [3.8, 4) is 0 Å². The van der Waals surface area contributed by atoms with Crippen LogP contribution in [0.4, 0.5) is 0 Å². The van der Waals surface area contributed by atoms with Gasteiger partial charge in [0.15, 0.2) is 0 Å². The Morgan fingerprint density at radius 1 is 1.35 bits per heavy atom. The molecule has 0 radical (unpaired) electrons. The molecule has 2 N–H and O–H groups in total. The summed E-state index contributed by atoms with van der Waals surface area (Å²) < 4.78 is 0. The average Bonchev–Trinajstić information content (AvgIpc) is 3.00. The molecule has 0 fully saturated rings. The van der Waals surface area contributed by atoms with Gasteiger partial charge in [0.05, 0.1) is 11.7 Å². The molecule has 92 valence electrons. The lowest BCUT2D eigenvalue weighted by Gasteiger charge is -2.15. The van der Waals surface area contributed by atoms with Gasteiger partial charge in [-0.15, -0.1) is 11.3 Å². The topological polar surface area (TPSA) is 40.7 Å². The van der Waals surface area contributed by atoms with Gasteiger partial charge in [-0.1, -0.05) is 13.8 Å². The van der Waals surface area contributed by atoms with E-state index in [0.717, 1.165) is 25.1 Å². The van der Waals surface area contributed by atoms with Crippen LogP contribution in [0.15, 0.2) is 24.4 Å². The zero-order chi connectivity index (χ0) is 12.1. The second-order valence-electron chi connectivity index (χ2n) is 4.06. The number of hydrogen-bond acceptors (Lipinski definition) is 3. The van der Waals surface area contributed by atoms with Crippen molar-refractivity contribution >= 4 is 11.3 Å². The molecule has 0 bridgehead atoms. The lowest BCUT2D eigenvalue weighted by atomic mass is 10.1. The van der Waals surface area contributed by atoms with Crippen LogP contribution in [0.5, 0.6) is 0 Å². The van der Waals surface area contributed by atoms with Crippen LogP contribution in [0.25, 0.3) is 0 Å². The van der Waals surface area contributed by atoms with Crippen molar-refractivity contribution in [1.82, 2.24) is 15.5 Å². The van der Waals surface area contributed by atoms with E-state index in [2.05, 4.69) is 41.5 Å². The Kier molecular flexibility index (Phi) is 4.34. The van der Waals surface area contributed by atoms with Gasteiger partial charge in [-0.25, -0.2) is 0 Å². The van der Waals surface area contributed by atoms with Crippen LogP contribution >= 0.6 is 11.3 Å². The van der Waals surface area contributed by atoms with Crippen LogP contribution in [0.2, 0.25) is 0 Å². The molecule has 2 rings (SSSR count). The van der Waals surface area contributed by atoms with Crippen LogP contribution < -0.4 is 5.32 Å². The second-order valence-corrected chi connectivity index (χ2v) is 5.26. The number of nitrogens with zero attached hydrogens (tertiary/aromatic N) is 1. The first-order chi connectivity index (χ1) is 8.35. The van der Waals surface area contributed by atoms with Gasteiger partial charge in [0.1, 0.15) is 0 Å². The van der Waals surface area contributed by atoms with E-state index >= 15 is 0 Å². The summed E-state index contributed by atoms with van der Waals surface area (Å²) in [6.45, 7) is 5.40. The number of H-pyrrole nitrogens is 1. The van der Waals surface area contributed by atoms with Crippen LogP contribution in [0, 0.1) is 0 Å². The third kappa shape index (κ3) is 2.96. The maximum absolute atomic E-state index is 4.04. The first-order valence-corrected chi connectivity index (χ1v) is 6.98. The van der Waals surface area contributed by atoms with E-state index in [1.165, 1.54) is 9.75 Å². The van der Waals surface area contributed by atoms with Crippen LogP contribution in [-0.2, 0) is 6.42 Å². The number of rotatable bonds is 6. The number of aromatic nitrogens is 2. The molecular weight excluding hydrogens is 230 g/mol. The number of thiophene rings is 1. The van der Waals surface area contributed by atoms with Crippen LogP contribution in [-0.4, -0.2) is 16.7 Å². The molecule has 0 aliphatic heterocycles. The monoisotopic (exact) mass is 249 g/mol. The van der Waals surface area contributed by atoms with Gasteiger partial charge in [-0.2, -0.15) is 5.10 Å². The maximum atomic E-state index is 4.04. The molecule has 0 aliphatic carbocycles. The smallest absolute Gasteiger partial charge is 0.0839 e. The van der Waals surface area contributed by atoms with Gasteiger partial charge >= 0.3 is 0 Å².